The summed E-state index contributed by atoms with van der Waals surface area (Å²) in [7, 11) is 0. The number of benzene rings is 2. The van der Waals surface area contributed by atoms with Crippen LogP contribution in [0.4, 0.5) is 0 Å². The average Bonchev–Trinajstić information content (AvgIpc) is 3.28. The SMILES string of the molecule is O=C(O)c1ccc(Cc2c[nH]c3ccc(C(=O)NCN4CCCC4)cc3c2=O)cc1. The van der Waals surface area contributed by atoms with E-state index in [1.807, 2.05) is 0 Å². The number of carboxylic acids is 1. The molecule has 1 aliphatic rings. The van der Waals surface area contributed by atoms with Crippen molar-refractivity contribution in [1.82, 2.24) is 15.2 Å². The summed E-state index contributed by atoms with van der Waals surface area (Å²) in [6.07, 6.45) is 4.35. The first-order valence-corrected chi connectivity index (χ1v) is 9.98. The van der Waals surface area contributed by atoms with Crippen LogP contribution in [0, 0.1) is 0 Å². The van der Waals surface area contributed by atoms with E-state index in [4.69, 9.17) is 5.11 Å². The number of hydrogen-bond donors (Lipinski definition) is 3. The molecule has 7 heteroatoms. The number of likely N-dealkylation sites (tertiary alicyclic amines) is 1. The molecule has 2 heterocycles. The van der Waals surface area contributed by atoms with Crippen molar-refractivity contribution in [3.8, 4) is 0 Å². The van der Waals surface area contributed by atoms with Crippen LogP contribution in [0.15, 0.2) is 53.5 Å². The van der Waals surface area contributed by atoms with E-state index in [9.17, 15) is 14.4 Å². The quantitative estimate of drug-likeness (QED) is 0.585. The Morgan fingerprint density at radius 2 is 1.73 bits per heavy atom. The number of carbonyl (C=O) groups excluding carboxylic acids is 1. The fourth-order valence-electron chi connectivity index (χ4n) is 3.75. The van der Waals surface area contributed by atoms with Crippen molar-refractivity contribution < 1.29 is 14.7 Å². The predicted octanol–water partition coefficient (Wildman–Crippen LogP) is 2.60. The van der Waals surface area contributed by atoms with Gasteiger partial charge in [0.2, 0.25) is 0 Å². The smallest absolute Gasteiger partial charge is 0.335 e. The van der Waals surface area contributed by atoms with Gasteiger partial charge in [-0.1, -0.05) is 12.1 Å². The van der Waals surface area contributed by atoms with Crippen LogP contribution in [0.25, 0.3) is 10.9 Å². The molecule has 4 rings (SSSR count). The van der Waals surface area contributed by atoms with Gasteiger partial charge in [0.15, 0.2) is 5.43 Å². The van der Waals surface area contributed by atoms with Gasteiger partial charge >= 0.3 is 5.97 Å². The van der Waals surface area contributed by atoms with Gasteiger partial charge in [0.25, 0.3) is 5.91 Å². The Labute approximate surface area is 173 Å². The second-order valence-electron chi connectivity index (χ2n) is 7.57. The first-order chi connectivity index (χ1) is 14.5. The zero-order chi connectivity index (χ0) is 21.1. The zero-order valence-corrected chi connectivity index (χ0v) is 16.5. The van der Waals surface area contributed by atoms with E-state index in [1.165, 1.54) is 12.1 Å². The molecule has 2 aromatic carbocycles. The maximum absolute atomic E-state index is 13.0. The highest BCUT2D eigenvalue weighted by atomic mass is 16.4. The van der Waals surface area contributed by atoms with Gasteiger partial charge in [-0.05, 0) is 61.8 Å². The molecule has 0 saturated carbocycles. The van der Waals surface area contributed by atoms with Crippen molar-refractivity contribution in [3.63, 3.8) is 0 Å². The molecule has 3 aromatic rings. The fraction of sp³-hybridized carbons (Fsp3) is 0.261. The van der Waals surface area contributed by atoms with E-state index in [-0.39, 0.29) is 16.9 Å². The lowest BCUT2D eigenvalue weighted by molar-refractivity contribution is 0.0696. The molecule has 1 amide bonds. The second kappa shape index (κ2) is 8.51. The van der Waals surface area contributed by atoms with Gasteiger partial charge in [-0.3, -0.25) is 14.5 Å². The number of carbonyl (C=O) groups is 2. The number of aromatic carboxylic acids is 1. The molecule has 1 saturated heterocycles. The van der Waals surface area contributed by atoms with Crippen LogP contribution in [0.2, 0.25) is 0 Å². The highest BCUT2D eigenvalue weighted by molar-refractivity contribution is 5.98. The third-order valence-corrected chi connectivity index (χ3v) is 5.48. The monoisotopic (exact) mass is 405 g/mol. The zero-order valence-electron chi connectivity index (χ0n) is 16.5. The molecule has 30 heavy (non-hydrogen) atoms. The van der Waals surface area contributed by atoms with Crippen molar-refractivity contribution in [2.75, 3.05) is 19.8 Å². The Kier molecular flexibility index (Phi) is 5.63. The molecule has 0 radical (unpaired) electrons. The summed E-state index contributed by atoms with van der Waals surface area (Å²) < 4.78 is 0. The summed E-state index contributed by atoms with van der Waals surface area (Å²) in [6.45, 7) is 2.50. The summed E-state index contributed by atoms with van der Waals surface area (Å²) >= 11 is 0. The van der Waals surface area contributed by atoms with Crippen molar-refractivity contribution in [3.05, 3.63) is 81.1 Å². The Bertz CT molecular complexity index is 1150. The molecule has 7 nitrogen and oxygen atoms in total. The van der Waals surface area contributed by atoms with Crippen molar-refractivity contribution >= 4 is 22.8 Å². The third-order valence-electron chi connectivity index (χ3n) is 5.48. The molecule has 3 N–H and O–H groups in total. The van der Waals surface area contributed by atoms with Gasteiger partial charge in [0.05, 0.1) is 12.2 Å². The predicted molar refractivity (Wildman–Crippen MR) is 114 cm³/mol. The Hall–Kier alpha value is -3.45. The minimum atomic E-state index is -0.986. The summed E-state index contributed by atoms with van der Waals surface area (Å²) in [6, 6.07) is 11.5. The second-order valence-corrected chi connectivity index (χ2v) is 7.57. The fourth-order valence-corrected chi connectivity index (χ4v) is 3.75. The van der Waals surface area contributed by atoms with Gasteiger partial charge in [-0.25, -0.2) is 4.79 Å². The highest BCUT2D eigenvalue weighted by Crippen LogP contribution is 2.14. The molecular weight excluding hydrogens is 382 g/mol. The maximum Gasteiger partial charge on any atom is 0.335 e. The molecule has 0 unspecified atom stereocenters. The van der Waals surface area contributed by atoms with Crippen LogP contribution < -0.4 is 10.7 Å². The standard InChI is InChI=1S/C23H23N3O4/c27-21-18(11-15-3-5-16(6-4-15)23(29)30)13-24-20-8-7-17(12-19(20)21)22(28)25-14-26-9-1-2-10-26/h3-8,12-13H,1-2,9-11,14H2,(H,24,27)(H,25,28)(H,29,30). The molecule has 1 fully saturated rings. The number of rotatable bonds is 6. The van der Waals surface area contributed by atoms with Crippen LogP contribution in [0.3, 0.4) is 0 Å². The minimum absolute atomic E-state index is 0.139. The van der Waals surface area contributed by atoms with Crippen LogP contribution in [-0.4, -0.2) is 46.6 Å². The number of hydrogen-bond acceptors (Lipinski definition) is 4. The van der Waals surface area contributed by atoms with Crippen molar-refractivity contribution in [2.24, 2.45) is 0 Å². The summed E-state index contributed by atoms with van der Waals surface area (Å²) in [5.74, 6) is -1.18. The van der Waals surface area contributed by atoms with E-state index >= 15 is 0 Å². The number of fused-ring (bicyclic) bond motifs is 1. The molecule has 154 valence electrons. The van der Waals surface area contributed by atoms with Gasteiger partial charge < -0.3 is 15.4 Å². The van der Waals surface area contributed by atoms with E-state index in [0.717, 1.165) is 31.5 Å². The molecular formula is C23H23N3O4. The largest absolute Gasteiger partial charge is 0.478 e. The Morgan fingerprint density at radius 1 is 1.03 bits per heavy atom. The van der Waals surface area contributed by atoms with Crippen molar-refractivity contribution in [1.29, 1.82) is 0 Å². The number of nitrogens with zero attached hydrogens (tertiary/aromatic N) is 1. The van der Waals surface area contributed by atoms with Gasteiger partial charge in [0, 0.05) is 34.6 Å². The summed E-state index contributed by atoms with van der Waals surface area (Å²) in [4.78, 5) is 41.8. The molecule has 0 aliphatic carbocycles. The van der Waals surface area contributed by atoms with Gasteiger partial charge in [0.1, 0.15) is 0 Å². The van der Waals surface area contributed by atoms with E-state index < -0.39 is 5.97 Å². The minimum Gasteiger partial charge on any atom is -0.478 e. The average molecular weight is 405 g/mol. The first-order valence-electron chi connectivity index (χ1n) is 9.98. The number of aromatic nitrogens is 1. The third kappa shape index (κ3) is 4.26. The molecule has 1 aliphatic heterocycles. The number of carboxylic acid groups (broad SMARTS) is 1. The number of nitrogens with one attached hydrogen (secondary N) is 2. The lowest BCUT2D eigenvalue weighted by atomic mass is 10.0. The van der Waals surface area contributed by atoms with Crippen molar-refractivity contribution in [2.45, 2.75) is 19.3 Å². The Balaban J connectivity index is 1.55. The normalized spacial score (nSPS) is 14.1. The van der Waals surface area contributed by atoms with Crippen LogP contribution in [0.1, 0.15) is 44.7 Å². The topological polar surface area (TPSA) is 102 Å². The molecule has 0 atom stereocenters. The maximum atomic E-state index is 13.0. The highest BCUT2D eigenvalue weighted by Gasteiger charge is 2.14. The summed E-state index contributed by atoms with van der Waals surface area (Å²) in [5.41, 5.74) is 2.58. The van der Waals surface area contributed by atoms with E-state index in [2.05, 4.69) is 15.2 Å². The number of aromatic amines is 1. The summed E-state index contributed by atoms with van der Waals surface area (Å²) in [5, 5.41) is 12.4. The molecule has 0 spiro atoms. The Morgan fingerprint density at radius 3 is 2.43 bits per heavy atom. The van der Waals surface area contributed by atoms with E-state index in [0.29, 0.717) is 35.1 Å². The first kappa shape index (κ1) is 19.8. The molecule has 1 aromatic heterocycles. The lowest BCUT2D eigenvalue weighted by Gasteiger charge is -2.15. The van der Waals surface area contributed by atoms with Crippen LogP contribution >= 0.6 is 0 Å². The van der Waals surface area contributed by atoms with Crippen LogP contribution in [0.5, 0.6) is 0 Å². The van der Waals surface area contributed by atoms with Gasteiger partial charge in [-0.15, -0.1) is 0 Å². The van der Waals surface area contributed by atoms with Crippen LogP contribution in [-0.2, 0) is 6.42 Å². The molecule has 0 bridgehead atoms. The lowest BCUT2D eigenvalue weighted by Crippen LogP contribution is -2.35. The number of amides is 1. The number of pyridine rings is 1. The van der Waals surface area contributed by atoms with Gasteiger partial charge in [-0.2, -0.15) is 0 Å². The van der Waals surface area contributed by atoms with E-state index in [1.54, 1.807) is 36.5 Å². The number of H-pyrrole nitrogens is 1.